The molecular weight excluding hydrogens is 436 g/mol. The van der Waals surface area contributed by atoms with Gasteiger partial charge in [-0.1, -0.05) is 41.7 Å². The van der Waals surface area contributed by atoms with E-state index in [0.717, 1.165) is 15.8 Å². The fraction of sp³-hybridized carbons (Fsp3) is 0.0800. The number of aromatic nitrogens is 3. The minimum atomic E-state index is -0.610. The largest absolute Gasteiger partial charge is 0.452 e. The molecule has 0 saturated carbocycles. The molecule has 0 aliphatic heterocycles. The summed E-state index contributed by atoms with van der Waals surface area (Å²) < 4.78 is 6.31. The van der Waals surface area contributed by atoms with Crippen LogP contribution in [0, 0.1) is 6.92 Å². The maximum absolute atomic E-state index is 12.9. The van der Waals surface area contributed by atoms with Gasteiger partial charge in [-0.2, -0.15) is 0 Å². The van der Waals surface area contributed by atoms with Crippen LogP contribution < -0.4 is 5.32 Å². The van der Waals surface area contributed by atoms with Crippen LogP contribution in [-0.2, 0) is 9.53 Å². The van der Waals surface area contributed by atoms with Crippen molar-refractivity contribution in [1.29, 1.82) is 0 Å². The first-order chi connectivity index (χ1) is 16.1. The van der Waals surface area contributed by atoms with Gasteiger partial charge in [0.05, 0.1) is 32.7 Å². The lowest BCUT2D eigenvalue weighted by Gasteiger charge is -2.09. The molecule has 0 spiro atoms. The summed E-state index contributed by atoms with van der Waals surface area (Å²) in [6.07, 6.45) is 1.66. The highest BCUT2D eigenvalue weighted by molar-refractivity contribution is 7.22. The number of thiazole rings is 1. The number of carbonyl (C=O) groups is 2. The van der Waals surface area contributed by atoms with Crippen molar-refractivity contribution in [2.45, 2.75) is 6.92 Å². The van der Waals surface area contributed by atoms with E-state index in [0.29, 0.717) is 33.0 Å². The van der Waals surface area contributed by atoms with E-state index in [1.807, 2.05) is 61.5 Å². The molecule has 0 unspecified atom stereocenters. The number of esters is 1. The van der Waals surface area contributed by atoms with E-state index in [9.17, 15) is 9.59 Å². The number of rotatable bonds is 5. The number of aryl methyl sites for hydroxylation is 1. The van der Waals surface area contributed by atoms with Crippen LogP contribution in [0.4, 0.5) is 5.13 Å². The standard InChI is InChI=1S/C25H18N4O3S/c1-15-9-10-20-22(12-15)33-25(28-20)29-23(30)14-32-24(31)17-13-21(19-8-4-5-11-26-19)27-18-7-3-2-6-16(17)18/h2-13H,14H2,1H3,(H,28,29,30). The molecule has 3 heterocycles. The number of ether oxygens (including phenoxy) is 1. The van der Waals surface area contributed by atoms with Gasteiger partial charge < -0.3 is 4.74 Å². The smallest absolute Gasteiger partial charge is 0.339 e. The van der Waals surface area contributed by atoms with Gasteiger partial charge in [0, 0.05) is 11.6 Å². The number of carbonyl (C=O) groups excluding carboxylic acids is 2. The predicted molar refractivity (Wildman–Crippen MR) is 128 cm³/mol. The summed E-state index contributed by atoms with van der Waals surface area (Å²) in [4.78, 5) is 38.6. The summed E-state index contributed by atoms with van der Waals surface area (Å²) in [6.45, 7) is 1.57. The average molecular weight is 455 g/mol. The van der Waals surface area contributed by atoms with Crippen LogP contribution in [0.3, 0.4) is 0 Å². The van der Waals surface area contributed by atoms with Crippen LogP contribution in [0.5, 0.6) is 0 Å². The number of hydrogen-bond acceptors (Lipinski definition) is 7. The third-order valence-corrected chi connectivity index (χ3v) is 5.92. The first-order valence-electron chi connectivity index (χ1n) is 10.2. The molecule has 33 heavy (non-hydrogen) atoms. The number of hydrogen-bond donors (Lipinski definition) is 1. The van der Waals surface area contributed by atoms with E-state index < -0.39 is 18.5 Å². The Balaban J connectivity index is 1.34. The fourth-order valence-electron chi connectivity index (χ4n) is 3.44. The number of nitrogens with one attached hydrogen (secondary N) is 1. The van der Waals surface area contributed by atoms with Crippen molar-refractivity contribution in [3.05, 3.63) is 84.1 Å². The van der Waals surface area contributed by atoms with Gasteiger partial charge in [-0.05, 0) is 48.9 Å². The molecule has 7 nitrogen and oxygen atoms in total. The molecule has 1 amide bonds. The summed E-state index contributed by atoms with van der Waals surface area (Å²) in [5.74, 6) is -1.07. The van der Waals surface area contributed by atoms with Crippen LogP contribution >= 0.6 is 11.3 Å². The van der Waals surface area contributed by atoms with Gasteiger partial charge in [-0.25, -0.2) is 14.8 Å². The number of amides is 1. The molecule has 162 valence electrons. The summed E-state index contributed by atoms with van der Waals surface area (Å²) in [5, 5.41) is 3.81. The molecule has 0 aliphatic rings. The summed E-state index contributed by atoms with van der Waals surface area (Å²) in [5.41, 5.74) is 4.08. The normalized spacial score (nSPS) is 10.9. The van der Waals surface area contributed by atoms with Crippen LogP contribution in [0.25, 0.3) is 32.5 Å². The van der Waals surface area contributed by atoms with Crippen LogP contribution in [0.2, 0.25) is 0 Å². The average Bonchev–Trinajstić information content (AvgIpc) is 3.23. The SMILES string of the molecule is Cc1ccc2nc(NC(=O)COC(=O)c3cc(-c4ccccn4)nc4ccccc34)sc2c1. The van der Waals surface area contributed by atoms with Gasteiger partial charge in [0.25, 0.3) is 5.91 Å². The lowest BCUT2D eigenvalue weighted by molar-refractivity contribution is -0.119. The number of fused-ring (bicyclic) bond motifs is 2. The molecule has 0 bridgehead atoms. The van der Waals surface area contributed by atoms with Crippen molar-refractivity contribution < 1.29 is 14.3 Å². The molecule has 1 N–H and O–H groups in total. The second kappa shape index (κ2) is 8.76. The first kappa shape index (κ1) is 20.7. The lowest BCUT2D eigenvalue weighted by atomic mass is 10.1. The zero-order valence-electron chi connectivity index (χ0n) is 17.6. The summed E-state index contributed by atoms with van der Waals surface area (Å²) >= 11 is 1.37. The molecule has 0 fully saturated rings. The molecule has 0 atom stereocenters. The van der Waals surface area contributed by atoms with Crippen LogP contribution in [0.15, 0.2) is 72.9 Å². The Morgan fingerprint density at radius 2 is 1.79 bits per heavy atom. The third-order valence-electron chi connectivity index (χ3n) is 4.99. The predicted octanol–water partition coefficient (Wildman–Crippen LogP) is 5.01. The number of para-hydroxylation sites is 1. The van der Waals surface area contributed by atoms with Crippen molar-refractivity contribution >= 4 is 49.5 Å². The van der Waals surface area contributed by atoms with Crippen molar-refractivity contribution in [1.82, 2.24) is 15.0 Å². The van der Waals surface area contributed by atoms with Crippen molar-refractivity contribution in [2.75, 3.05) is 11.9 Å². The van der Waals surface area contributed by atoms with Gasteiger partial charge in [-0.3, -0.25) is 15.1 Å². The number of benzene rings is 2. The fourth-order valence-corrected chi connectivity index (χ4v) is 4.42. The Bertz CT molecular complexity index is 1500. The molecule has 5 aromatic rings. The van der Waals surface area contributed by atoms with E-state index in [4.69, 9.17) is 4.74 Å². The zero-order chi connectivity index (χ0) is 22.8. The van der Waals surface area contributed by atoms with Crippen molar-refractivity contribution in [2.24, 2.45) is 0 Å². The Hall–Kier alpha value is -4.17. The van der Waals surface area contributed by atoms with Crippen LogP contribution in [-0.4, -0.2) is 33.4 Å². The zero-order valence-corrected chi connectivity index (χ0v) is 18.4. The quantitative estimate of drug-likeness (QED) is 0.375. The Kier molecular flexibility index (Phi) is 5.50. The highest BCUT2D eigenvalue weighted by Gasteiger charge is 2.17. The van der Waals surface area contributed by atoms with Crippen molar-refractivity contribution in [3.63, 3.8) is 0 Å². The Labute approximate surface area is 193 Å². The maximum Gasteiger partial charge on any atom is 0.339 e. The molecule has 0 aliphatic carbocycles. The number of pyridine rings is 2. The monoisotopic (exact) mass is 454 g/mol. The van der Waals surface area contributed by atoms with Gasteiger partial charge >= 0.3 is 5.97 Å². The lowest BCUT2D eigenvalue weighted by Crippen LogP contribution is -2.21. The van der Waals surface area contributed by atoms with E-state index in [1.54, 1.807) is 18.3 Å². The van der Waals surface area contributed by atoms with E-state index in [1.165, 1.54) is 11.3 Å². The molecule has 0 saturated heterocycles. The Morgan fingerprint density at radius 1 is 0.939 bits per heavy atom. The molecular formula is C25H18N4O3S. The second-order valence-electron chi connectivity index (χ2n) is 7.40. The second-order valence-corrected chi connectivity index (χ2v) is 8.43. The molecule has 5 rings (SSSR count). The first-order valence-corrected chi connectivity index (χ1v) is 11.0. The van der Waals surface area contributed by atoms with E-state index >= 15 is 0 Å². The number of anilines is 1. The highest BCUT2D eigenvalue weighted by Crippen LogP contribution is 2.27. The molecule has 2 aromatic carbocycles. The topological polar surface area (TPSA) is 94.1 Å². The Morgan fingerprint density at radius 3 is 2.64 bits per heavy atom. The summed E-state index contributed by atoms with van der Waals surface area (Å²) in [7, 11) is 0. The molecule has 8 heteroatoms. The van der Waals surface area contributed by atoms with Crippen LogP contribution in [0.1, 0.15) is 15.9 Å². The molecule has 0 radical (unpaired) electrons. The van der Waals surface area contributed by atoms with Gasteiger partial charge in [-0.15, -0.1) is 0 Å². The van der Waals surface area contributed by atoms with E-state index in [2.05, 4.69) is 20.3 Å². The third kappa shape index (κ3) is 4.42. The van der Waals surface area contributed by atoms with Gasteiger partial charge in [0.15, 0.2) is 11.7 Å². The van der Waals surface area contributed by atoms with Crippen molar-refractivity contribution in [3.8, 4) is 11.4 Å². The minimum absolute atomic E-state index is 0.324. The maximum atomic E-state index is 12.9. The highest BCUT2D eigenvalue weighted by atomic mass is 32.1. The number of nitrogens with zero attached hydrogens (tertiary/aromatic N) is 3. The van der Waals surface area contributed by atoms with Gasteiger partial charge in [0.2, 0.25) is 0 Å². The summed E-state index contributed by atoms with van der Waals surface area (Å²) in [6, 6.07) is 20.3. The van der Waals surface area contributed by atoms with Gasteiger partial charge in [0.1, 0.15) is 0 Å². The molecule has 3 aromatic heterocycles. The van der Waals surface area contributed by atoms with E-state index in [-0.39, 0.29) is 0 Å². The minimum Gasteiger partial charge on any atom is -0.452 e.